The highest BCUT2D eigenvalue weighted by molar-refractivity contribution is 5.96. The maximum absolute atomic E-state index is 11.9. The van der Waals surface area contributed by atoms with Gasteiger partial charge in [0.2, 0.25) is 0 Å². The lowest BCUT2D eigenvalue weighted by Crippen LogP contribution is -2.23. The molecule has 1 amide bonds. The van der Waals surface area contributed by atoms with Crippen molar-refractivity contribution in [2.24, 2.45) is 0 Å². The van der Waals surface area contributed by atoms with Crippen LogP contribution in [-0.4, -0.2) is 29.9 Å². The maximum atomic E-state index is 11.9. The lowest BCUT2D eigenvalue weighted by molar-refractivity contribution is 0.0981. The van der Waals surface area contributed by atoms with Crippen LogP contribution in [0.2, 0.25) is 0 Å². The maximum Gasteiger partial charge on any atom is 0.410 e. The lowest BCUT2D eigenvalue weighted by Gasteiger charge is -2.13. The molecule has 0 aromatic heterocycles. The molecule has 25 heavy (non-hydrogen) atoms. The molecule has 1 aliphatic heterocycles. The van der Waals surface area contributed by atoms with Gasteiger partial charge in [-0.1, -0.05) is 19.1 Å². The van der Waals surface area contributed by atoms with Crippen molar-refractivity contribution < 1.29 is 14.3 Å². The predicted molar refractivity (Wildman–Crippen MR) is 97.2 cm³/mol. The van der Waals surface area contributed by atoms with E-state index in [-0.39, 0.29) is 11.9 Å². The van der Waals surface area contributed by atoms with Crippen molar-refractivity contribution in [3.8, 4) is 0 Å². The van der Waals surface area contributed by atoms with Crippen molar-refractivity contribution in [3.05, 3.63) is 59.7 Å². The van der Waals surface area contributed by atoms with Crippen molar-refractivity contribution in [2.45, 2.75) is 26.3 Å². The molecule has 2 aromatic rings. The zero-order valence-electron chi connectivity index (χ0n) is 14.3. The molecule has 3 rings (SSSR count). The Labute approximate surface area is 147 Å². The van der Waals surface area contributed by atoms with Gasteiger partial charge in [0.15, 0.2) is 5.78 Å². The molecule has 5 nitrogen and oxygen atoms in total. The topological polar surface area (TPSA) is 58.6 Å². The molecule has 1 N–H and O–H groups in total. The van der Waals surface area contributed by atoms with Gasteiger partial charge in [-0.2, -0.15) is 0 Å². The Morgan fingerprint density at radius 1 is 1.08 bits per heavy atom. The van der Waals surface area contributed by atoms with Gasteiger partial charge in [-0.05, 0) is 48.4 Å². The zero-order valence-corrected chi connectivity index (χ0v) is 14.3. The second kappa shape index (κ2) is 7.83. The normalized spacial score (nSPS) is 13.6. The Hall–Kier alpha value is -2.82. The van der Waals surface area contributed by atoms with E-state index in [1.165, 1.54) is 0 Å². The van der Waals surface area contributed by atoms with Crippen LogP contribution in [0.1, 0.15) is 35.7 Å². The number of nitrogens with zero attached hydrogens (tertiary/aromatic N) is 1. The van der Waals surface area contributed by atoms with Crippen molar-refractivity contribution in [2.75, 3.05) is 18.5 Å². The van der Waals surface area contributed by atoms with E-state index < -0.39 is 0 Å². The fraction of sp³-hybridized carbons (Fsp3) is 0.300. The third kappa shape index (κ3) is 4.38. The number of amides is 1. The highest BCUT2D eigenvalue weighted by Crippen LogP contribution is 2.19. The van der Waals surface area contributed by atoms with Crippen LogP contribution in [0.4, 0.5) is 16.2 Å². The lowest BCUT2D eigenvalue weighted by atomic mass is 10.1. The summed E-state index contributed by atoms with van der Waals surface area (Å²) in [6, 6.07) is 15.5. The minimum atomic E-state index is -0.250. The monoisotopic (exact) mass is 338 g/mol. The number of cyclic esters (lactones) is 1. The third-order valence-corrected chi connectivity index (χ3v) is 4.14. The van der Waals surface area contributed by atoms with E-state index in [0.717, 1.165) is 28.9 Å². The molecule has 1 heterocycles. The van der Waals surface area contributed by atoms with Crippen molar-refractivity contribution in [3.63, 3.8) is 0 Å². The van der Waals surface area contributed by atoms with Crippen molar-refractivity contribution in [1.82, 2.24) is 4.90 Å². The number of carbonyl (C=O) groups excluding carboxylic acids is 2. The molecule has 0 radical (unpaired) electrons. The molecule has 130 valence electrons. The fourth-order valence-corrected chi connectivity index (χ4v) is 2.76. The Morgan fingerprint density at radius 2 is 1.72 bits per heavy atom. The molecule has 0 unspecified atom stereocenters. The van der Waals surface area contributed by atoms with Crippen molar-refractivity contribution >= 4 is 23.3 Å². The number of rotatable bonds is 7. The van der Waals surface area contributed by atoms with E-state index in [4.69, 9.17) is 4.74 Å². The molecule has 0 spiro atoms. The van der Waals surface area contributed by atoms with Crippen LogP contribution in [0.15, 0.2) is 48.5 Å². The molecular weight excluding hydrogens is 316 g/mol. The molecule has 2 aromatic carbocycles. The highest BCUT2D eigenvalue weighted by Gasteiger charge is 2.21. The van der Waals surface area contributed by atoms with E-state index in [1.807, 2.05) is 55.5 Å². The molecule has 5 heteroatoms. The SMILES string of the molecule is CCCC(=O)c1ccc(Nc2ccc(CN3CCOC3=O)cc2)cc1. The number of carbonyl (C=O) groups is 2. The summed E-state index contributed by atoms with van der Waals surface area (Å²) in [5.41, 5.74) is 3.70. The van der Waals surface area contributed by atoms with Gasteiger partial charge < -0.3 is 15.0 Å². The number of hydrogen-bond acceptors (Lipinski definition) is 4. The standard InChI is InChI=1S/C20H22N2O3/c1-2-3-19(23)16-6-10-18(11-7-16)21-17-8-4-15(5-9-17)14-22-12-13-25-20(22)24/h4-11,21H,2-3,12-14H2,1H3. The van der Waals surface area contributed by atoms with Gasteiger partial charge in [-0.15, -0.1) is 0 Å². The fourth-order valence-electron chi connectivity index (χ4n) is 2.76. The van der Waals surface area contributed by atoms with Gasteiger partial charge >= 0.3 is 6.09 Å². The number of nitrogens with one attached hydrogen (secondary N) is 1. The summed E-state index contributed by atoms with van der Waals surface area (Å²) in [6.07, 6.45) is 1.19. The van der Waals surface area contributed by atoms with Gasteiger partial charge in [-0.3, -0.25) is 4.79 Å². The summed E-state index contributed by atoms with van der Waals surface area (Å²) in [5.74, 6) is 0.179. The Balaban J connectivity index is 1.59. The number of Topliss-reactive ketones (excluding diaryl/α,β-unsaturated/α-hetero) is 1. The van der Waals surface area contributed by atoms with E-state index >= 15 is 0 Å². The Bertz CT molecular complexity index is 739. The summed E-state index contributed by atoms with van der Waals surface area (Å²) < 4.78 is 4.93. The molecule has 1 saturated heterocycles. The molecule has 0 aliphatic carbocycles. The van der Waals surface area contributed by atoms with Crippen LogP contribution in [0.3, 0.4) is 0 Å². The zero-order chi connectivity index (χ0) is 17.6. The number of hydrogen-bond donors (Lipinski definition) is 1. The van der Waals surface area contributed by atoms with E-state index in [9.17, 15) is 9.59 Å². The van der Waals surface area contributed by atoms with Crippen LogP contribution in [0, 0.1) is 0 Å². The second-order valence-corrected chi connectivity index (χ2v) is 6.11. The first-order chi connectivity index (χ1) is 12.2. The Kier molecular flexibility index (Phi) is 5.33. The van der Waals surface area contributed by atoms with Gasteiger partial charge in [-0.25, -0.2) is 4.79 Å². The number of benzene rings is 2. The van der Waals surface area contributed by atoms with E-state index in [0.29, 0.717) is 26.1 Å². The van der Waals surface area contributed by atoms with Gasteiger partial charge in [0, 0.05) is 29.9 Å². The number of ether oxygens (including phenoxy) is 1. The quantitative estimate of drug-likeness (QED) is 0.762. The molecule has 0 saturated carbocycles. The molecule has 0 bridgehead atoms. The third-order valence-electron chi connectivity index (χ3n) is 4.14. The minimum Gasteiger partial charge on any atom is -0.448 e. The van der Waals surface area contributed by atoms with E-state index in [1.54, 1.807) is 4.90 Å². The Morgan fingerprint density at radius 3 is 2.28 bits per heavy atom. The first kappa shape index (κ1) is 17.0. The summed E-state index contributed by atoms with van der Waals surface area (Å²) >= 11 is 0. The van der Waals surface area contributed by atoms with E-state index in [2.05, 4.69) is 5.32 Å². The summed E-state index contributed by atoms with van der Waals surface area (Å²) in [5, 5.41) is 3.32. The smallest absolute Gasteiger partial charge is 0.410 e. The first-order valence-corrected chi connectivity index (χ1v) is 8.56. The first-order valence-electron chi connectivity index (χ1n) is 8.56. The van der Waals surface area contributed by atoms with Gasteiger partial charge in [0.05, 0.1) is 6.54 Å². The van der Waals surface area contributed by atoms with Crippen LogP contribution < -0.4 is 5.32 Å². The molecule has 1 aliphatic rings. The summed E-state index contributed by atoms with van der Waals surface area (Å²) in [6.45, 7) is 3.68. The average Bonchev–Trinajstić information content (AvgIpc) is 3.02. The largest absolute Gasteiger partial charge is 0.448 e. The highest BCUT2D eigenvalue weighted by atomic mass is 16.6. The molecular formula is C20H22N2O3. The number of ketones is 1. The van der Waals surface area contributed by atoms with Crippen LogP contribution in [0.5, 0.6) is 0 Å². The summed E-state index contributed by atoms with van der Waals surface area (Å²) in [4.78, 5) is 25.0. The summed E-state index contributed by atoms with van der Waals surface area (Å²) in [7, 11) is 0. The molecule has 0 atom stereocenters. The van der Waals surface area contributed by atoms with Gasteiger partial charge in [0.1, 0.15) is 6.61 Å². The van der Waals surface area contributed by atoms with Crippen LogP contribution >= 0.6 is 0 Å². The predicted octanol–water partition coefficient (Wildman–Crippen LogP) is 4.37. The van der Waals surface area contributed by atoms with Crippen LogP contribution in [0.25, 0.3) is 0 Å². The van der Waals surface area contributed by atoms with Crippen molar-refractivity contribution in [1.29, 1.82) is 0 Å². The van der Waals surface area contributed by atoms with Crippen LogP contribution in [-0.2, 0) is 11.3 Å². The molecule has 1 fully saturated rings. The van der Waals surface area contributed by atoms with Gasteiger partial charge in [0.25, 0.3) is 0 Å². The second-order valence-electron chi connectivity index (χ2n) is 6.11. The number of anilines is 2. The minimum absolute atomic E-state index is 0.179. The average molecular weight is 338 g/mol.